The lowest BCUT2D eigenvalue weighted by Crippen LogP contribution is -2.16. The molecular weight excluding hydrogens is 346 g/mol. The van der Waals surface area contributed by atoms with Gasteiger partial charge >= 0.3 is 5.97 Å². The maximum absolute atomic E-state index is 11.2. The number of rotatable bonds is 4. The quantitative estimate of drug-likeness (QED) is 0.652. The first kappa shape index (κ1) is 14.5. The topological polar surface area (TPSA) is 74.6 Å². The molecule has 20 heavy (non-hydrogen) atoms. The zero-order valence-corrected chi connectivity index (χ0v) is 12.4. The van der Waals surface area contributed by atoms with Crippen LogP contribution in [0.5, 0.6) is 0 Å². The monoisotopic (exact) mass is 353 g/mol. The Labute approximate surface area is 128 Å². The summed E-state index contributed by atoms with van der Waals surface area (Å²) in [6.45, 7) is 0. The van der Waals surface area contributed by atoms with E-state index < -0.39 is 5.97 Å². The summed E-state index contributed by atoms with van der Waals surface area (Å²) in [5.41, 5.74) is 2.87. The molecule has 1 aromatic heterocycles. The van der Waals surface area contributed by atoms with Gasteiger partial charge in [0.2, 0.25) is 0 Å². The molecule has 0 fully saturated rings. The van der Waals surface area contributed by atoms with Crippen molar-refractivity contribution in [3.8, 4) is 0 Å². The molecule has 0 aliphatic rings. The third kappa shape index (κ3) is 3.79. The van der Waals surface area contributed by atoms with Crippen molar-refractivity contribution in [2.24, 2.45) is 5.10 Å². The summed E-state index contributed by atoms with van der Waals surface area (Å²) in [5, 5.41) is 13.5. The summed E-state index contributed by atoms with van der Waals surface area (Å²) in [6.07, 6.45) is 1.58. The van der Waals surface area contributed by atoms with E-state index in [9.17, 15) is 9.90 Å². The molecule has 0 spiro atoms. The Morgan fingerprint density at radius 3 is 2.75 bits per heavy atom. The number of carboxylic acids is 1. The molecular formula is C13H9BrClN3O2. The van der Waals surface area contributed by atoms with Crippen molar-refractivity contribution in [2.75, 3.05) is 5.43 Å². The van der Waals surface area contributed by atoms with Gasteiger partial charge < -0.3 is 5.11 Å². The Kier molecular flexibility index (Phi) is 4.70. The van der Waals surface area contributed by atoms with Crippen LogP contribution in [0.15, 0.2) is 52.2 Å². The van der Waals surface area contributed by atoms with Crippen molar-refractivity contribution in [1.29, 1.82) is 0 Å². The highest BCUT2D eigenvalue weighted by molar-refractivity contribution is 9.10. The van der Waals surface area contributed by atoms with E-state index in [1.54, 1.807) is 36.5 Å². The number of aromatic nitrogens is 1. The number of hydrogen-bond acceptors (Lipinski definition) is 4. The summed E-state index contributed by atoms with van der Waals surface area (Å²) in [5.74, 6) is -0.717. The number of benzene rings is 1. The lowest BCUT2D eigenvalue weighted by molar-refractivity contribution is -0.129. The molecule has 5 nitrogen and oxygen atoms in total. The van der Waals surface area contributed by atoms with Gasteiger partial charge in [0.15, 0.2) is 5.71 Å². The number of anilines is 1. The zero-order valence-electron chi connectivity index (χ0n) is 10.0. The van der Waals surface area contributed by atoms with Crippen molar-refractivity contribution in [3.05, 3.63) is 57.7 Å². The largest absolute Gasteiger partial charge is 0.476 e. The molecule has 0 amide bonds. The third-order valence-corrected chi connectivity index (χ3v) is 3.01. The number of halogens is 2. The first-order chi connectivity index (χ1) is 9.56. The second-order valence-corrected chi connectivity index (χ2v) is 5.10. The van der Waals surface area contributed by atoms with Crippen LogP contribution in [0.2, 0.25) is 5.02 Å². The number of pyridine rings is 1. The smallest absolute Gasteiger partial charge is 0.356 e. The Hall–Kier alpha value is -1.92. The first-order valence-corrected chi connectivity index (χ1v) is 6.68. The molecule has 0 atom stereocenters. The van der Waals surface area contributed by atoms with Crippen LogP contribution in [0, 0.1) is 0 Å². The predicted molar refractivity (Wildman–Crippen MR) is 81.2 cm³/mol. The van der Waals surface area contributed by atoms with Crippen molar-refractivity contribution >= 4 is 45.0 Å². The van der Waals surface area contributed by atoms with Crippen LogP contribution in [0.25, 0.3) is 0 Å². The van der Waals surface area contributed by atoms with Crippen LogP contribution >= 0.6 is 27.5 Å². The highest BCUT2D eigenvalue weighted by Crippen LogP contribution is 2.13. The van der Waals surface area contributed by atoms with Gasteiger partial charge in [-0.05, 0) is 40.2 Å². The normalized spacial score (nSPS) is 11.2. The average Bonchev–Trinajstić information content (AvgIpc) is 2.41. The number of carbonyl (C=O) groups is 1. The minimum Gasteiger partial charge on any atom is -0.476 e. The Balaban J connectivity index is 2.27. The molecule has 0 unspecified atom stereocenters. The lowest BCUT2D eigenvalue weighted by atomic mass is 10.1. The number of nitrogens with one attached hydrogen (secondary N) is 1. The molecule has 0 saturated carbocycles. The number of nitrogens with zero attached hydrogens (tertiary/aromatic N) is 2. The molecule has 2 rings (SSSR count). The van der Waals surface area contributed by atoms with Crippen LogP contribution in [0.4, 0.5) is 5.82 Å². The summed E-state index contributed by atoms with van der Waals surface area (Å²) >= 11 is 9.10. The van der Waals surface area contributed by atoms with Crippen molar-refractivity contribution < 1.29 is 9.90 Å². The van der Waals surface area contributed by atoms with Gasteiger partial charge in [-0.25, -0.2) is 9.78 Å². The molecule has 2 aromatic rings. The summed E-state index contributed by atoms with van der Waals surface area (Å²) < 4.78 is 0.820. The summed E-state index contributed by atoms with van der Waals surface area (Å²) in [6, 6.07) is 9.92. The Morgan fingerprint density at radius 1 is 1.35 bits per heavy atom. The fourth-order valence-corrected chi connectivity index (χ4v) is 1.85. The van der Waals surface area contributed by atoms with E-state index in [2.05, 4.69) is 31.4 Å². The SMILES string of the molecule is O=C(O)C(=NNc1ccc(Br)cn1)c1cccc(Cl)c1. The second-order valence-electron chi connectivity index (χ2n) is 3.75. The van der Waals surface area contributed by atoms with Gasteiger partial charge in [-0.2, -0.15) is 5.10 Å². The Bertz CT molecular complexity index is 659. The van der Waals surface area contributed by atoms with Crippen molar-refractivity contribution in [1.82, 2.24) is 4.98 Å². The van der Waals surface area contributed by atoms with Gasteiger partial charge in [0, 0.05) is 21.3 Å². The van der Waals surface area contributed by atoms with Crippen LogP contribution in [0.3, 0.4) is 0 Å². The number of hydrogen-bond donors (Lipinski definition) is 2. The van der Waals surface area contributed by atoms with Crippen molar-refractivity contribution in [2.45, 2.75) is 0 Å². The van der Waals surface area contributed by atoms with Gasteiger partial charge in [0.1, 0.15) is 5.82 Å². The third-order valence-electron chi connectivity index (χ3n) is 2.31. The average molecular weight is 355 g/mol. The van der Waals surface area contributed by atoms with Gasteiger partial charge in [-0.15, -0.1) is 0 Å². The molecule has 0 radical (unpaired) electrons. The first-order valence-electron chi connectivity index (χ1n) is 5.51. The Morgan fingerprint density at radius 2 is 2.15 bits per heavy atom. The number of aliphatic carboxylic acids is 1. The highest BCUT2D eigenvalue weighted by Gasteiger charge is 2.13. The minimum atomic E-state index is -1.16. The summed E-state index contributed by atoms with van der Waals surface area (Å²) in [7, 11) is 0. The number of carboxylic acid groups (broad SMARTS) is 1. The van der Waals surface area contributed by atoms with Crippen LogP contribution < -0.4 is 5.43 Å². The van der Waals surface area contributed by atoms with E-state index in [0.29, 0.717) is 16.4 Å². The van der Waals surface area contributed by atoms with Gasteiger partial charge in [-0.1, -0.05) is 23.7 Å². The molecule has 102 valence electrons. The molecule has 7 heteroatoms. The van der Waals surface area contributed by atoms with E-state index in [-0.39, 0.29) is 5.71 Å². The maximum Gasteiger partial charge on any atom is 0.356 e. The molecule has 0 saturated heterocycles. The minimum absolute atomic E-state index is 0.141. The molecule has 1 aromatic carbocycles. The number of hydrazone groups is 1. The highest BCUT2D eigenvalue weighted by atomic mass is 79.9. The molecule has 0 aliphatic carbocycles. The predicted octanol–water partition coefficient (Wildman–Crippen LogP) is 3.40. The standard InChI is InChI=1S/C13H9BrClN3O2/c14-9-4-5-11(16-7-9)17-18-12(13(19)20)8-2-1-3-10(15)6-8/h1-7H,(H,16,17)(H,19,20). The van der Waals surface area contributed by atoms with Crippen LogP contribution in [-0.2, 0) is 4.79 Å². The fourth-order valence-electron chi connectivity index (χ4n) is 1.43. The lowest BCUT2D eigenvalue weighted by Gasteiger charge is -2.04. The zero-order chi connectivity index (χ0) is 14.5. The van der Waals surface area contributed by atoms with E-state index in [1.165, 1.54) is 6.07 Å². The van der Waals surface area contributed by atoms with Crippen LogP contribution in [0.1, 0.15) is 5.56 Å². The molecule has 0 bridgehead atoms. The van der Waals surface area contributed by atoms with E-state index >= 15 is 0 Å². The summed E-state index contributed by atoms with van der Waals surface area (Å²) in [4.78, 5) is 15.3. The van der Waals surface area contributed by atoms with Gasteiger partial charge in [-0.3, -0.25) is 5.43 Å². The van der Waals surface area contributed by atoms with Gasteiger partial charge in [0.05, 0.1) is 0 Å². The molecule has 1 heterocycles. The van der Waals surface area contributed by atoms with E-state index in [4.69, 9.17) is 11.6 Å². The van der Waals surface area contributed by atoms with E-state index in [1.807, 2.05) is 0 Å². The fraction of sp³-hybridized carbons (Fsp3) is 0. The van der Waals surface area contributed by atoms with Gasteiger partial charge in [0.25, 0.3) is 0 Å². The molecule has 0 aliphatic heterocycles. The van der Waals surface area contributed by atoms with E-state index in [0.717, 1.165) is 4.47 Å². The second kappa shape index (κ2) is 6.49. The van der Waals surface area contributed by atoms with Crippen molar-refractivity contribution in [3.63, 3.8) is 0 Å². The van der Waals surface area contributed by atoms with Crippen LogP contribution in [-0.4, -0.2) is 21.8 Å². The maximum atomic E-state index is 11.2. The molecule has 2 N–H and O–H groups in total.